The summed E-state index contributed by atoms with van der Waals surface area (Å²) in [6, 6.07) is 0. The van der Waals surface area contributed by atoms with E-state index in [9.17, 15) is 0 Å². The molecule has 3 aromatic heterocycles. The molecule has 1 aliphatic rings. The molecular weight excluding hydrogens is 476 g/mol. The lowest BCUT2D eigenvalue weighted by Gasteiger charge is -2.23. The molecule has 0 radical (unpaired) electrons. The number of hydrogen-bond acceptors (Lipinski definition) is 10. The van der Waals surface area contributed by atoms with E-state index in [0.717, 1.165) is 19.5 Å². The van der Waals surface area contributed by atoms with Gasteiger partial charge in [0.1, 0.15) is 0 Å². The van der Waals surface area contributed by atoms with Crippen molar-refractivity contribution in [2.75, 3.05) is 47.4 Å². The Hall–Kier alpha value is -1.75. The fourth-order valence-electron chi connectivity index (χ4n) is 3.23. The molecule has 0 saturated carbocycles. The minimum absolute atomic E-state index is 0.206. The zero-order valence-corrected chi connectivity index (χ0v) is 21.2. The molecule has 31 heavy (non-hydrogen) atoms. The monoisotopic (exact) mass is 500 g/mol. The highest BCUT2D eigenvalue weighted by Gasteiger charge is 2.36. The second-order valence-corrected chi connectivity index (χ2v) is 10.4. The van der Waals surface area contributed by atoms with Gasteiger partial charge in [-0.25, -0.2) is 0 Å². The van der Waals surface area contributed by atoms with Crippen LogP contribution < -0.4 is 28.4 Å². The maximum Gasteiger partial charge on any atom is 0.181 e. The number of thiophene rings is 3. The third kappa shape index (κ3) is 3.83. The van der Waals surface area contributed by atoms with Crippen LogP contribution in [0.25, 0.3) is 19.5 Å². The van der Waals surface area contributed by atoms with Gasteiger partial charge in [-0.1, -0.05) is 6.92 Å². The largest absolute Gasteiger partial charge is 0.492 e. The average molecular weight is 501 g/mol. The van der Waals surface area contributed by atoms with Gasteiger partial charge in [-0.3, -0.25) is 0 Å². The Morgan fingerprint density at radius 1 is 0.806 bits per heavy atom. The van der Waals surface area contributed by atoms with Gasteiger partial charge in [0, 0.05) is 21.9 Å². The van der Waals surface area contributed by atoms with E-state index in [1.807, 2.05) is 10.8 Å². The molecule has 6 nitrogen and oxygen atoms in total. The van der Waals surface area contributed by atoms with E-state index in [2.05, 4.69) is 19.6 Å². The van der Waals surface area contributed by atoms with E-state index in [1.54, 1.807) is 62.4 Å². The lowest BCUT2D eigenvalue weighted by atomic mass is 9.96. The summed E-state index contributed by atoms with van der Waals surface area (Å²) >= 11 is 9.20. The van der Waals surface area contributed by atoms with Crippen LogP contribution in [0.2, 0.25) is 0 Å². The van der Waals surface area contributed by atoms with Crippen LogP contribution in [0.3, 0.4) is 0 Å². The number of rotatable bonds is 7. The lowest BCUT2D eigenvalue weighted by molar-refractivity contribution is 0.145. The molecule has 4 rings (SSSR count). The van der Waals surface area contributed by atoms with Crippen molar-refractivity contribution in [1.82, 2.24) is 0 Å². The Balaban J connectivity index is 1.93. The molecular formula is C21H24O6S4. The molecule has 10 heteroatoms. The van der Waals surface area contributed by atoms with Crippen LogP contribution in [-0.4, -0.2) is 47.4 Å². The average Bonchev–Trinajstić information content (AvgIpc) is 3.46. The van der Waals surface area contributed by atoms with Crippen molar-refractivity contribution in [3.8, 4) is 54.0 Å². The molecule has 3 aromatic rings. The molecule has 168 valence electrons. The lowest BCUT2D eigenvalue weighted by Crippen LogP contribution is -2.32. The Kier molecular flexibility index (Phi) is 6.52. The Morgan fingerprint density at radius 2 is 1.26 bits per heavy atom. The summed E-state index contributed by atoms with van der Waals surface area (Å²) in [5.74, 6) is 4.82. The molecule has 0 aliphatic carbocycles. The van der Waals surface area contributed by atoms with Crippen LogP contribution in [0.5, 0.6) is 34.5 Å². The van der Waals surface area contributed by atoms with Gasteiger partial charge in [0.2, 0.25) is 0 Å². The fourth-order valence-corrected chi connectivity index (χ4v) is 6.85. The maximum atomic E-state index is 6.37. The molecule has 0 spiro atoms. The van der Waals surface area contributed by atoms with Gasteiger partial charge in [-0.05, 0) is 0 Å². The van der Waals surface area contributed by atoms with Gasteiger partial charge < -0.3 is 28.4 Å². The normalized spacial score (nSPS) is 14.8. The zero-order chi connectivity index (χ0) is 22.2. The molecule has 0 N–H and O–H groups in total. The van der Waals surface area contributed by atoms with E-state index in [0.29, 0.717) is 53.5 Å². The minimum atomic E-state index is -0.206. The van der Waals surface area contributed by atoms with Crippen molar-refractivity contribution in [2.24, 2.45) is 5.41 Å². The van der Waals surface area contributed by atoms with Crippen molar-refractivity contribution in [3.63, 3.8) is 0 Å². The molecule has 0 amide bonds. The predicted molar refractivity (Wildman–Crippen MR) is 130 cm³/mol. The molecule has 0 bridgehead atoms. The van der Waals surface area contributed by atoms with E-state index in [1.165, 1.54) is 0 Å². The number of hydrogen-bond donors (Lipinski definition) is 1. The highest BCUT2D eigenvalue weighted by atomic mass is 32.1. The first-order chi connectivity index (χ1) is 15.0. The van der Waals surface area contributed by atoms with E-state index >= 15 is 0 Å². The number of thiol groups is 1. The van der Waals surface area contributed by atoms with Crippen LogP contribution in [0.4, 0.5) is 0 Å². The van der Waals surface area contributed by atoms with Crippen LogP contribution in [0.15, 0.2) is 10.8 Å². The summed E-state index contributed by atoms with van der Waals surface area (Å²) in [4.78, 5) is 3.75. The van der Waals surface area contributed by atoms with Gasteiger partial charge in [-0.15, -0.1) is 34.0 Å². The van der Waals surface area contributed by atoms with Crippen molar-refractivity contribution >= 4 is 46.6 Å². The molecule has 1 aliphatic heterocycles. The van der Waals surface area contributed by atoms with Crippen LogP contribution in [-0.2, 0) is 0 Å². The summed E-state index contributed by atoms with van der Waals surface area (Å²) in [5.41, 5.74) is -0.206. The van der Waals surface area contributed by atoms with E-state index in [-0.39, 0.29) is 5.41 Å². The summed E-state index contributed by atoms with van der Waals surface area (Å²) in [6.07, 6.45) is 0. The third-order valence-corrected chi connectivity index (χ3v) is 9.15. The predicted octanol–water partition coefficient (Wildman–Crippen LogP) is 5.95. The standard InChI is InChI=1S/C21H24O6S4/c1-21(10-28)8-26-15-16(27-9-21)20(18-14(25-5)12(23-3)7-30-18)31-19(15)17-13(24-4)11(22-2)6-29-17/h6-7,28H,8-10H2,1-5H3. The summed E-state index contributed by atoms with van der Waals surface area (Å²) < 4.78 is 35.0. The molecule has 0 unspecified atom stereocenters. The highest BCUT2D eigenvalue weighted by molar-refractivity contribution is 7.80. The van der Waals surface area contributed by atoms with Crippen molar-refractivity contribution in [1.29, 1.82) is 0 Å². The number of methoxy groups -OCH3 is 4. The summed E-state index contributed by atoms with van der Waals surface area (Å²) in [6.45, 7) is 3.11. The highest BCUT2D eigenvalue weighted by Crippen LogP contribution is 2.61. The second-order valence-electron chi connectivity index (χ2n) is 7.30. The third-order valence-electron chi connectivity index (χ3n) is 5.02. The molecule has 4 heterocycles. The van der Waals surface area contributed by atoms with Crippen molar-refractivity contribution < 1.29 is 28.4 Å². The Morgan fingerprint density at radius 3 is 1.61 bits per heavy atom. The van der Waals surface area contributed by atoms with Crippen molar-refractivity contribution in [3.05, 3.63) is 10.8 Å². The van der Waals surface area contributed by atoms with Gasteiger partial charge >= 0.3 is 0 Å². The SMILES string of the molecule is COc1csc(-c2sc(-c3scc(OC)c3OC)c3c2OCC(C)(CS)CO3)c1OC. The number of ether oxygens (including phenoxy) is 6. The van der Waals surface area contributed by atoms with Gasteiger partial charge in [0.05, 0.1) is 61.2 Å². The summed E-state index contributed by atoms with van der Waals surface area (Å²) in [7, 11) is 6.55. The van der Waals surface area contributed by atoms with E-state index in [4.69, 9.17) is 28.4 Å². The van der Waals surface area contributed by atoms with Crippen molar-refractivity contribution in [2.45, 2.75) is 6.92 Å². The van der Waals surface area contributed by atoms with Gasteiger partial charge in [0.25, 0.3) is 0 Å². The Labute approximate surface area is 199 Å². The first-order valence-electron chi connectivity index (χ1n) is 9.43. The smallest absolute Gasteiger partial charge is 0.181 e. The first kappa shape index (κ1) is 22.4. The minimum Gasteiger partial charge on any atom is -0.492 e. The summed E-state index contributed by atoms with van der Waals surface area (Å²) in [5, 5.41) is 3.87. The van der Waals surface area contributed by atoms with Crippen LogP contribution in [0.1, 0.15) is 6.92 Å². The van der Waals surface area contributed by atoms with Gasteiger partial charge in [-0.2, -0.15) is 12.6 Å². The molecule has 0 saturated heterocycles. The topological polar surface area (TPSA) is 55.4 Å². The quantitative estimate of drug-likeness (QED) is 0.405. The van der Waals surface area contributed by atoms with Crippen LogP contribution >= 0.6 is 46.6 Å². The first-order valence-corrected chi connectivity index (χ1v) is 12.6. The van der Waals surface area contributed by atoms with Crippen LogP contribution in [0, 0.1) is 5.41 Å². The molecule has 0 atom stereocenters. The zero-order valence-electron chi connectivity index (χ0n) is 17.9. The molecule has 0 aromatic carbocycles. The second kappa shape index (κ2) is 9.01. The maximum absolute atomic E-state index is 6.37. The fraction of sp³-hybridized carbons (Fsp3) is 0.429. The van der Waals surface area contributed by atoms with Gasteiger partial charge in [0.15, 0.2) is 34.5 Å². The van der Waals surface area contributed by atoms with E-state index < -0.39 is 0 Å². The number of fused-ring (bicyclic) bond motifs is 1. The molecule has 0 fully saturated rings. The Bertz CT molecular complexity index is 990.